The highest BCUT2D eigenvalue weighted by Gasteiger charge is 2.52. The van der Waals surface area contributed by atoms with Crippen LogP contribution in [0.2, 0.25) is 0 Å². The zero-order valence-electron chi connectivity index (χ0n) is 15.4. The van der Waals surface area contributed by atoms with Crippen molar-refractivity contribution in [3.05, 3.63) is 29.6 Å². The number of hydrogen-bond acceptors (Lipinski definition) is 5. The third-order valence-electron chi connectivity index (χ3n) is 4.71. The van der Waals surface area contributed by atoms with Gasteiger partial charge in [-0.05, 0) is 32.9 Å². The van der Waals surface area contributed by atoms with Gasteiger partial charge in [0.15, 0.2) is 0 Å². The molecule has 6 nitrogen and oxygen atoms in total. The van der Waals surface area contributed by atoms with E-state index >= 15 is 0 Å². The highest BCUT2D eigenvalue weighted by atomic mass is 19.4. The fourth-order valence-electron chi connectivity index (χ4n) is 3.79. The van der Waals surface area contributed by atoms with E-state index in [-0.39, 0.29) is 26.1 Å². The van der Waals surface area contributed by atoms with Crippen LogP contribution in [0, 0.1) is 0 Å². The average molecular weight is 388 g/mol. The van der Waals surface area contributed by atoms with Crippen molar-refractivity contribution in [1.82, 2.24) is 9.88 Å². The number of halogens is 3. The number of alkyl halides is 3. The molecule has 2 fully saturated rings. The average Bonchev–Trinajstić information content (AvgIpc) is 2.51. The van der Waals surface area contributed by atoms with E-state index in [9.17, 15) is 23.1 Å². The minimum absolute atomic E-state index is 0.108. The summed E-state index contributed by atoms with van der Waals surface area (Å²) in [5, 5.41) is 11.1. The minimum Gasteiger partial charge on any atom is -0.444 e. The number of ether oxygens (including phenoxy) is 2. The maximum atomic E-state index is 13.4. The lowest BCUT2D eigenvalue weighted by molar-refractivity contribution is -0.156. The van der Waals surface area contributed by atoms with Crippen LogP contribution >= 0.6 is 0 Å². The second kappa shape index (κ2) is 6.63. The van der Waals surface area contributed by atoms with E-state index in [2.05, 4.69) is 4.98 Å². The number of fused-ring (bicyclic) bond motifs is 2. The SMILES string of the molecule is CC(C)(C)OC(=O)N1C2COCC1CC(O)(c1ncccc1C(F)(F)F)C2. The Balaban J connectivity index is 1.92. The lowest BCUT2D eigenvalue weighted by atomic mass is 9.77. The van der Waals surface area contributed by atoms with Gasteiger partial charge in [-0.15, -0.1) is 0 Å². The number of rotatable bonds is 1. The van der Waals surface area contributed by atoms with Crippen molar-refractivity contribution in [2.24, 2.45) is 0 Å². The van der Waals surface area contributed by atoms with Crippen molar-refractivity contribution in [3.63, 3.8) is 0 Å². The van der Waals surface area contributed by atoms with Crippen molar-refractivity contribution >= 4 is 6.09 Å². The molecule has 150 valence electrons. The van der Waals surface area contributed by atoms with Crippen molar-refractivity contribution in [1.29, 1.82) is 0 Å². The molecule has 1 amide bonds. The van der Waals surface area contributed by atoms with E-state index in [1.807, 2.05) is 0 Å². The highest BCUT2D eigenvalue weighted by Crippen LogP contribution is 2.44. The number of piperidine rings is 1. The molecule has 0 spiro atoms. The van der Waals surface area contributed by atoms with Gasteiger partial charge in [-0.25, -0.2) is 4.79 Å². The Hall–Kier alpha value is -1.87. The Kier molecular flexibility index (Phi) is 4.88. The summed E-state index contributed by atoms with van der Waals surface area (Å²) < 4.78 is 51.1. The van der Waals surface area contributed by atoms with Gasteiger partial charge >= 0.3 is 12.3 Å². The monoisotopic (exact) mass is 388 g/mol. The first-order valence-electron chi connectivity index (χ1n) is 8.75. The van der Waals surface area contributed by atoms with Gasteiger partial charge in [0.25, 0.3) is 0 Å². The van der Waals surface area contributed by atoms with Crippen LogP contribution in [0.5, 0.6) is 0 Å². The summed E-state index contributed by atoms with van der Waals surface area (Å²) in [5.41, 5.74) is -3.87. The molecule has 3 heterocycles. The molecule has 9 heteroatoms. The van der Waals surface area contributed by atoms with Crippen molar-refractivity contribution in [2.45, 2.75) is 63.1 Å². The van der Waals surface area contributed by atoms with Gasteiger partial charge in [-0.1, -0.05) is 0 Å². The molecule has 2 aliphatic heterocycles. The number of aromatic nitrogens is 1. The molecule has 2 atom stereocenters. The van der Waals surface area contributed by atoms with Gasteiger partial charge in [-0.2, -0.15) is 13.2 Å². The normalized spacial score (nSPS) is 28.8. The van der Waals surface area contributed by atoms with Crippen LogP contribution in [0.3, 0.4) is 0 Å². The summed E-state index contributed by atoms with van der Waals surface area (Å²) in [7, 11) is 0. The predicted octanol–water partition coefficient (Wildman–Crippen LogP) is 3.09. The first kappa shape index (κ1) is 19.9. The number of carbonyl (C=O) groups is 1. The van der Waals surface area contributed by atoms with E-state index < -0.39 is 46.8 Å². The van der Waals surface area contributed by atoms with Gasteiger partial charge in [0.05, 0.1) is 36.6 Å². The number of pyridine rings is 1. The lowest BCUT2D eigenvalue weighted by Gasteiger charge is -2.51. The third-order valence-corrected chi connectivity index (χ3v) is 4.71. The number of carbonyl (C=O) groups excluding carboxylic acids is 1. The molecule has 2 bridgehead atoms. The third kappa shape index (κ3) is 4.03. The summed E-state index contributed by atoms with van der Waals surface area (Å²) in [5.74, 6) is 0. The van der Waals surface area contributed by atoms with Crippen LogP contribution in [-0.4, -0.2) is 52.0 Å². The van der Waals surface area contributed by atoms with E-state index in [1.54, 1.807) is 20.8 Å². The molecule has 3 rings (SSSR count). The molecule has 2 unspecified atom stereocenters. The van der Waals surface area contributed by atoms with Crippen LogP contribution in [0.1, 0.15) is 44.9 Å². The molecule has 2 saturated heterocycles. The highest BCUT2D eigenvalue weighted by molar-refractivity contribution is 5.69. The Labute approximate surface area is 155 Å². The van der Waals surface area contributed by atoms with Crippen molar-refractivity contribution in [3.8, 4) is 0 Å². The Morgan fingerprint density at radius 2 is 1.89 bits per heavy atom. The van der Waals surface area contributed by atoms with Crippen molar-refractivity contribution < 1.29 is 32.5 Å². The number of morpholine rings is 1. The van der Waals surface area contributed by atoms with Crippen molar-refractivity contribution in [2.75, 3.05) is 13.2 Å². The quantitative estimate of drug-likeness (QED) is 0.801. The van der Waals surface area contributed by atoms with E-state index in [0.717, 1.165) is 6.07 Å². The summed E-state index contributed by atoms with van der Waals surface area (Å²) in [6.45, 7) is 5.45. The number of nitrogens with zero attached hydrogens (tertiary/aromatic N) is 2. The van der Waals surface area contributed by atoms with E-state index in [4.69, 9.17) is 9.47 Å². The van der Waals surface area contributed by atoms with Crippen LogP contribution in [-0.2, 0) is 21.3 Å². The number of aliphatic hydroxyl groups is 1. The standard InChI is InChI=1S/C18H23F3N2O4/c1-16(2,3)27-15(24)23-11-7-17(25,8-12(23)10-26-9-11)14-13(18(19,20)21)5-4-6-22-14/h4-6,11-12,25H,7-10H2,1-3H3. The maximum Gasteiger partial charge on any atom is 0.418 e. The zero-order chi connectivity index (χ0) is 20.0. The Morgan fingerprint density at radius 1 is 1.30 bits per heavy atom. The molecule has 1 N–H and O–H groups in total. The Morgan fingerprint density at radius 3 is 2.41 bits per heavy atom. The van der Waals surface area contributed by atoms with E-state index in [0.29, 0.717) is 0 Å². The first-order chi connectivity index (χ1) is 12.4. The molecule has 2 aliphatic rings. The second-order valence-electron chi connectivity index (χ2n) is 8.07. The topological polar surface area (TPSA) is 71.9 Å². The van der Waals surface area contributed by atoms with Gasteiger partial charge < -0.3 is 14.6 Å². The molecule has 27 heavy (non-hydrogen) atoms. The fraction of sp³-hybridized carbons (Fsp3) is 0.667. The zero-order valence-corrected chi connectivity index (χ0v) is 15.4. The summed E-state index contributed by atoms with van der Waals surface area (Å²) >= 11 is 0. The molecular weight excluding hydrogens is 365 g/mol. The van der Waals surface area contributed by atoms with Gasteiger partial charge in [0, 0.05) is 19.0 Å². The molecule has 0 aromatic carbocycles. The van der Waals surface area contributed by atoms with Crippen LogP contribution in [0.15, 0.2) is 18.3 Å². The first-order valence-corrected chi connectivity index (χ1v) is 8.75. The minimum atomic E-state index is -4.63. The maximum absolute atomic E-state index is 13.4. The van der Waals surface area contributed by atoms with Gasteiger partial charge in [0.1, 0.15) is 11.2 Å². The van der Waals surface area contributed by atoms with Gasteiger partial charge in [-0.3, -0.25) is 9.88 Å². The molecule has 0 saturated carbocycles. The van der Waals surface area contributed by atoms with Crippen LogP contribution in [0.25, 0.3) is 0 Å². The Bertz CT molecular complexity index is 703. The van der Waals surface area contributed by atoms with Crippen LogP contribution in [0.4, 0.5) is 18.0 Å². The smallest absolute Gasteiger partial charge is 0.418 e. The molecular formula is C18H23F3N2O4. The number of hydrogen-bond donors (Lipinski definition) is 1. The summed E-state index contributed by atoms with van der Waals surface area (Å²) in [6, 6.07) is 0.906. The summed E-state index contributed by atoms with van der Waals surface area (Å²) in [4.78, 5) is 17.9. The predicted molar refractivity (Wildman–Crippen MR) is 88.8 cm³/mol. The van der Waals surface area contributed by atoms with Gasteiger partial charge in [0.2, 0.25) is 0 Å². The molecule has 1 aromatic heterocycles. The second-order valence-corrected chi connectivity index (χ2v) is 8.07. The van der Waals surface area contributed by atoms with Crippen LogP contribution < -0.4 is 0 Å². The largest absolute Gasteiger partial charge is 0.444 e. The fourth-order valence-corrected chi connectivity index (χ4v) is 3.79. The number of amides is 1. The summed E-state index contributed by atoms with van der Waals surface area (Å²) in [6.07, 6.45) is -4.17. The molecule has 0 aliphatic carbocycles. The lowest BCUT2D eigenvalue weighted by Crippen LogP contribution is -2.63. The van der Waals surface area contributed by atoms with E-state index in [1.165, 1.54) is 17.2 Å². The molecule has 1 aromatic rings. The molecule has 0 radical (unpaired) electrons.